The highest BCUT2D eigenvalue weighted by Crippen LogP contribution is 2.25. The Hall–Kier alpha value is -3.34. The van der Waals surface area contributed by atoms with Crippen LogP contribution in [0.5, 0.6) is 0 Å². The highest BCUT2D eigenvalue weighted by molar-refractivity contribution is 5.65. The van der Waals surface area contributed by atoms with Gasteiger partial charge in [0, 0.05) is 50.0 Å². The first-order valence-electron chi connectivity index (χ1n) is 10.1. The normalized spacial score (nSPS) is 14.0. The predicted octanol–water partition coefficient (Wildman–Crippen LogP) is 4.38. The van der Waals surface area contributed by atoms with Crippen molar-refractivity contribution < 1.29 is 0 Å². The Morgan fingerprint density at radius 3 is 2.41 bits per heavy atom. The second-order valence-electron chi connectivity index (χ2n) is 7.29. The number of aryl methyl sites for hydroxylation is 1. The summed E-state index contributed by atoms with van der Waals surface area (Å²) in [6, 6.07) is 21.0. The van der Waals surface area contributed by atoms with E-state index in [0.717, 1.165) is 49.2 Å². The van der Waals surface area contributed by atoms with Gasteiger partial charge in [-0.2, -0.15) is 4.98 Å². The van der Waals surface area contributed by atoms with Crippen molar-refractivity contribution in [3.05, 3.63) is 78.9 Å². The molecule has 0 atom stereocenters. The number of rotatable bonds is 6. The second-order valence-corrected chi connectivity index (χ2v) is 7.29. The summed E-state index contributed by atoms with van der Waals surface area (Å²) in [7, 11) is 0. The molecule has 2 heterocycles. The second kappa shape index (κ2) is 8.78. The third kappa shape index (κ3) is 4.57. The fourth-order valence-corrected chi connectivity index (χ4v) is 3.59. The molecule has 0 radical (unpaired) electrons. The number of nitrogens with zero attached hydrogens (tertiary/aromatic N) is 4. The van der Waals surface area contributed by atoms with Crippen molar-refractivity contribution in [1.82, 2.24) is 9.97 Å². The Balaban J connectivity index is 1.55. The minimum Gasteiger partial charge on any atom is -0.368 e. The summed E-state index contributed by atoms with van der Waals surface area (Å²) in [5.41, 5.74) is 4.61. The fraction of sp³-hybridized carbons (Fsp3) is 0.250. The van der Waals surface area contributed by atoms with Gasteiger partial charge >= 0.3 is 0 Å². The summed E-state index contributed by atoms with van der Waals surface area (Å²) in [5.74, 6) is 1.61. The van der Waals surface area contributed by atoms with Crippen LogP contribution in [0.4, 0.5) is 17.5 Å². The Morgan fingerprint density at radius 1 is 0.931 bits per heavy atom. The molecule has 148 valence electrons. The maximum absolute atomic E-state index is 4.88. The van der Waals surface area contributed by atoms with Gasteiger partial charge in [-0.1, -0.05) is 48.5 Å². The van der Waals surface area contributed by atoms with Gasteiger partial charge in [-0.15, -0.1) is 6.58 Å². The predicted molar refractivity (Wildman–Crippen MR) is 122 cm³/mol. The molecule has 0 spiro atoms. The number of benzene rings is 2. The maximum Gasteiger partial charge on any atom is 0.227 e. The maximum atomic E-state index is 4.88. The quantitative estimate of drug-likeness (QED) is 0.638. The van der Waals surface area contributed by atoms with Crippen molar-refractivity contribution in [2.75, 3.05) is 47.8 Å². The van der Waals surface area contributed by atoms with Gasteiger partial charge in [-0.05, 0) is 24.6 Å². The van der Waals surface area contributed by atoms with E-state index < -0.39 is 0 Å². The Kier molecular flexibility index (Phi) is 5.75. The van der Waals surface area contributed by atoms with Crippen LogP contribution in [-0.2, 0) is 0 Å². The van der Waals surface area contributed by atoms with Crippen LogP contribution in [0, 0.1) is 6.92 Å². The Morgan fingerprint density at radius 2 is 1.69 bits per heavy atom. The first kappa shape index (κ1) is 19.0. The van der Waals surface area contributed by atoms with Crippen LogP contribution < -0.4 is 15.1 Å². The van der Waals surface area contributed by atoms with Gasteiger partial charge < -0.3 is 15.1 Å². The average molecular weight is 386 g/mol. The number of hydrogen-bond acceptors (Lipinski definition) is 5. The van der Waals surface area contributed by atoms with E-state index in [9.17, 15) is 0 Å². The molecule has 4 rings (SSSR count). The van der Waals surface area contributed by atoms with E-state index in [1.165, 1.54) is 11.3 Å². The first-order valence-corrected chi connectivity index (χ1v) is 10.1. The number of nitrogens with one attached hydrogen (secondary N) is 1. The molecular formula is C24H27N5. The molecule has 2 aromatic carbocycles. The molecule has 5 nitrogen and oxygen atoms in total. The lowest BCUT2D eigenvalue weighted by molar-refractivity contribution is 0.640. The molecule has 1 N–H and O–H groups in total. The van der Waals surface area contributed by atoms with E-state index >= 15 is 0 Å². The summed E-state index contributed by atoms with van der Waals surface area (Å²) >= 11 is 0. The van der Waals surface area contributed by atoms with Crippen molar-refractivity contribution in [1.29, 1.82) is 0 Å². The summed E-state index contributed by atoms with van der Waals surface area (Å²) in [5, 5.41) is 3.32. The smallest absolute Gasteiger partial charge is 0.227 e. The van der Waals surface area contributed by atoms with Crippen LogP contribution in [0.1, 0.15) is 5.56 Å². The third-order valence-electron chi connectivity index (χ3n) is 5.14. The van der Waals surface area contributed by atoms with Crippen LogP contribution in [0.25, 0.3) is 11.3 Å². The number of aromatic nitrogens is 2. The molecule has 0 unspecified atom stereocenters. The van der Waals surface area contributed by atoms with E-state index in [0.29, 0.717) is 6.54 Å². The number of piperazine rings is 1. The third-order valence-corrected chi connectivity index (χ3v) is 5.14. The lowest BCUT2D eigenvalue weighted by Crippen LogP contribution is -2.47. The van der Waals surface area contributed by atoms with E-state index in [1.807, 2.05) is 30.3 Å². The lowest BCUT2D eigenvalue weighted by atomic mass is 10.1. The minimum absolute atomic E-state index is 0.672. The Bertz CT molecular complexity index is 962. The molecule has 1 aliphatic heterocycles. The summed E-state index contributed by atoms with van der Waals surface area (Å²) < 4.78 is 0. The molecular weight excluding hydrogens is 358 g/mol. The molecule has 29 heavy (non-hydrogen) atoms. The van der Waals surface area contributed by atoms with Crippen molar-refractivity contribution in [2.45, 2.75) is 6.92 Å². The molecule has 0 saturated carbocycles. The van der Waals surface area contributed by atoms with Gasteiger partial charge in [0.1, 0.15) is 5.82 Å². The van der Waals surface area contributed by atoms with Crippen LogP contribution in [0.2, 0.25) is 0 Å². The lowest BCUT2D eigenvalue weighted by Gasteiger charge is -2.36. The first-order chi connectivity index (χ1) is 14.2. The topological polar surface area (TPSA) is 44.3 Å². The fourth-order valence-electron chi connectivity index (χ4n) is 3.59. The standard InChI is InChI=1S/C24H27N5/c1-3-12-25-23-18-22(20-9-5-4-6-10-20)26-24(27-23)29-15-13-28(14-16-29)21-11-7-8-19(2)17-21/h3-11,17-18H,1,12-16H2,2H3,(H,25,26,27). The van der Waals surface area contributed by atoms with E-state index in [1.54, 1.807) is 0 Å². The highest BCUT2D eigenvalue weighted by atomic mass is 15.3. The van der Waals surface area contributed by atoms with Crippen molar-refractivity contribution in [3.63, 3.8) is 0 Å². The van der Waals surface area contributed by atoms with E-state index in [4.69, 9.17) is 9.97 Å². The molecule has 1 fully saturated rings. The van der Waals surface area contributed by atoms with Crippen LogP contribution in [-0.4, -0.2) is 42.7 Å². The molecule has 1 saturated heterocycles. The molecule has 0 bridgehead atoms. The van der Waals surface area contributed by atoms with Crippen molar-refractivity contribution in [2.24, 2.45) is 0 Å². The van der Waals surface area contributed by atoms with Crippen LogP contribution in [0.15, 0.2) is 73.3 Å². The summed E-state index contributed by atoms with van der Waals surface area (Å²) in [6.07, 6.45) is 1.84. The van der Waals surface area contributed by atoms with Crippen molar-refractivity contribution >= 4 is 17.5 Å². The zero-order chi connectivity index (χ0) is 20.1. The molecule has 3 aromatic rings. The molecule has 1 aliphatic rings. The zero-order valence-corrected chi connectivity index (χ0v) is 16.9. The highest BCUT2D eigenvalue weighted by Gasteiger charge is 2.20. The van der Waals surface area contributed by atoms with E-state index in [-0.39, 0.29) is 0 Å². The van der Waals surface area contributed by atoms with Gasteiger partial charge in [-0.3, -0.25) is 0 Å². The van der Waals surface area contributed by atoms with Crippen LogP contribution in [0.3, 0.4) is 0 Å². The molecule has 5 heteroatoms. The monoisotopic (exact) mass is 385 g/mol. The SMILES string of the molecule is C=CCNc1cc(-c2ccccc2)nc(N2CCN(c3cccc(C)c3)CC2)n1. The number of anilines is 3. The van der Waals surface area contributed by atoms with E-state index in [2.05, 4.69) is 65.0 Å². The van der Waals surface area contributed by atoms with Gasteiger partial charge in [0.2, 0.25) is 5.95 Å². The number of hydrogen-bond donors (Lipinski definition) is 1. The van der Waals surface area contributed by atoms with Gasteiger partial charge in [0.05, 0.1) is 5.69 Å². The summed E-state index contributed by atoms with van der Waals surface area (Å²) in [6.45, 7) is 10.3. The van der Waals surface area contributed by atoms with Crippen molar-refractivity contribution in [3.8, 4) is 11.3 Å². The van der Waals surface area contributed by atoms with Gasteiger partial charge in [0.25, 0.3) is 0 Å². The van der Waals surface area contributed by atoms with Gasteiger partial charge in [0.15, 0.2) is 0 Å². The minimum atomic E-state index is 0.672. The Labute approximate surface area is 172 Å². The van der Waals surface area contributed by atoms with Crippen LogP contribution >= 0.6 is 0 Å². The molecule has 1 aromatic heterocycles. The molecule has 0 amide bonds. The average Bonchev–Trinajstić information content (AvgIpc) is 2.78. The summed E-state index contributed by atoms with van der Waals surface area (Å²) in [4.78, 5) is 14.4. The van der Waals surface area contributed by atoms with Gasteiger partial charge in [-0.25, -0.2) is 4.98 Å². The largest absolute Gasteiger partial charge is 0.368 e. The molecule has 0 aliphatic carbocycles. The zero-order valence-electron chi connectivity index (χ0n) is 16.9.